The van der Waals surface area contributed by atoms with Crippen molar-refractivity contribution in [1.29, 1.82) is 0 Å². The van der Waals surface area contributed by atoms with Gasteiger partial charge in [-0.3, -0.25) is 4.79 Å². The van der Waals surface area contributed by atoms with E-state index >= 15 is 0 Å². The third-order valence-electron chi connectivity index (χ3n) is 3.78. The molecule has 5 heteroatoms. The standard InChI is InChI=1S/C15H19NO4/c1-20-10-11-6-2-3-7-12(11)13(17)16-15(14(18)19)8-4-5-9-15/h2-3,6-7H,4-5,8-10H2,1H3,(H,16,17)(H,18,19). The van der Waals surface area contributed by atoms with E-state index < -0.39 is 11.5 Å². The lowest BCUT2D eigenvalue weighted by Gasteiger charge is -2.25. The van der Waals surface area contributed by atoms with Crippen LogP contribution in [0.15, 0.2) is 24.3 Å². The number of carboxylic acid groups (broad SMARTS) is 1. The summed E-state index contributed by atoms with van der Waals surface area (Å²) in [5.74, 6) is -1.30. The second-order valence-electron chi connectivity index (χ2n) is 5.14. The average Bonchev–Trinajstić information content (AvgIpc) is 2.89. The van der Waals surface area contributed by atoms with Crippen LogP contribution in [0.3, 0.4) is 0 Å². The maximum absolute atomic E-state index is 12.4. The normalized spacial score (nSPS) is 16.9. The van der Waals surface area contributed by atoms with Gasteiger partial charge < -0.3 is 15.2 Å². The van der Waals surface area contributed by atoms with E-state index in [1.165, 1.54) is 0 Å². The Morgan fingerprint density at radius 2 is 1.95 bits per heavy atom. The molecule has 1 aromatic carbocycles. The monoisotopic (exact) mass is 277 g/mol. The van der Waals surface area contributed by atoms with Crippen LogP contribution in [-0.2, 0) is 16.1 Å². The zero-order valence-electron chi connectivity index (χ0n) is 11.5. The Kier molecular flexibility index (Phi) is 4.39. The van der Waals surface area contributed by atoms with Crippen molar-refractivity contribution in [2.45, 2.75) is 37.8 Å². The second kappa shape index (κ2) is 6.05. The minimum Gasteiger partial charge on any atom is -0.480 e. The summed E-state index contributed by atoms with van der Waals surface area (Å²) in [5.41, 5.74) is 0.116. The van der Waals surface area contributed by atoms with E-state index in [2.05, 4.69) is 5.32 Å². The largest absolute Gasteiger partial charge is 0.480 e. The Morgan fingerprint density at radius 1 is 1.30 bits per heavy atom. The number of carbonyl (C=O) groups excluding carboxylic acids is 1. The van der Waals surface area contributed by atoms with Gasteiger partial charge in [0.25, 0.3) is 5.91 Å². The van der Waals surface area contributed by atoms with Crippen LogP contribution in [-0.4, -0.2) is 29.6 Å². The molecule has 20 heavy (non-hydrogen) atoms. The summed E-state index contributed by atoms with van der Waals surface area (Å²) in [7, 11) is 1.56. The summed E-state index contributed by atoms with van der Waals surface area (Å²) >= 11 is 0. The molecule has 1 aliphatic carbocycles. The second-order valence-corrected chi connectivity index (χ2v) is 5.14. The molecule has 0 aromatic heterocycles. The number of hydrogen-bond donors (Lipinski definition) is 2. The van der Waals surface area contributed by atoms with Crippen LogP contribution >= 0.6 is 0 Å². The molecule has 1 aromatic rings. The number of carboxylic acids is 1. The molecule has 1 aliphatic rings. The number of amides is 1. The Hall–Kier alpha value is -1.88. The zero-order chi connectivity index (χ0) is 14.6. The van der Waals surface area contributed by atoms with Crippen LogP contribution < -0.4 is 5.32 Å². The minimum absolute atomic E-state index is 0.323. The van der Waals surface area contributed by atoms with Gasteiger partial charge in [-0.05, 0) is 24.5 Å². The lowest BCUT2D eigenvalue weighted by molar-refractivity contribution is -0.144. The quantitative estimate of drug-likeness (QED) is 0.862. The topological polar surface area (TPSA) is 75.6 Å². The minimum atomic E-state index is -1.11. The highest BCUT2D eigenvalue weighted by atomic mass is 16.5. The van der Waals surface area contributed by atoms with Gasteiger partial charge >= 0.3 is 5.97 Å². The highest BCUT2D eigenvalue weighted by molar-refractivity contribution is 5.99. The Balaban J connectivity index is 2.21. The van der Waals surface area contributed by atoms with Crippen LogP contribution in [0, 0.1) is 0 Å². The molecule has 1 fully saturated rings. The van der Waals surface area contributed by atoms with E-state index in [0.717, 1.165) is 18.4 Å². The first kappa shape index (κ1) is 14.5. The smallest absolute Gasteiger partial charge is 0.329 e. The van der Waals surface area contributed by atoms with Crippen molar-refractivity contribution >= 4 is 11.9 Å². The van der Waals surface area contributed by atoms with Crippen molar-refractivity contribution in [2.75, 3.05) is 7.11 Å². The first-order valence-electron chi connectivity index (χ1n) is 6.72. The van der Waals surface area contributed by atoms with E-state index in [1.54, 1.807) is 25.3 Å². The molecule has 0 aliphatic heterocycles. The third-order valence-corrected chi connectivity index (χ3v) is 3.78. The lowest BCUT2D eigenvalue weighted by Crippen LogP contribution is -2.52. The van der Waals surface area contributed by atoms with E-state index in [1.807, 2.05) is 6.07 Å². The van der Waals surface area contributed by atoms with Gasteiger partial charge in [0.05, 0.1) is 6.61 Å². The van der Waals surface area contributed by atoms with Crippen molar-refractivity contribution < 1.29 is 19.4 Å². The van der Waals surface area contributed by atoms with Gasteiger partial charge in [-0.25, -0.2) is 4.79 Å². The van der Waals surface area contributed by atoms with Gasteiger partial charge in [-0.2, -0.15) is 0 Å². The molecule has 1 saturated carbocycles. The first-order valence-corrected chi connectivity index (χ1v) is 6.72. The third kappa shape index (κ3) is 2.82. The number of benzene rings is 1. The summed E-state index contributed by atoms with van der Waals surface area (Å²) < 4.78 is 5.06. The van der Waals surface area contributed by atoms with E-state index in [4.69, 9.17) is 4.74 Å². The molecule has 2 N–H and O–H groups in total. The van der Waals surface area contributed by atoms with Gasteiger partial charge in [0.1, 0.15) is 5.54 Å². The van der Waals surface area contributed by atoms with Crippen molar-refractivity contribution in [3.05, 3.63) is 35.4 Å². The number of aliphatic carboxylic acids is 1. The molecule has 0 heterocycles. The molecule has 0 radical (unpaired) electrons. The number of ether oxygens (including phenoxy) is 1. The van der Waals surface area contributed by atoms with Crippen molar-refractivity contribution in [1.82, 2.24) is 5.32 Å². The highest BCUT2D eigenvalue weighted by Gasteiger charge is 2.42. The molecule has 0 unspecified atom stereocenters. The van der Waals surface area contributed by atoms with Crippen LogP contribution in [0.1, 0.15) is 41.6 Å². The SMILES string of the molecule is COCc1ccccc1C(=O)NC1(C(=O)O)CCCC1. The molecular weight excluding hydrogens is 258 g/mol. The molecule has 0 bridgehead atoms. The van der Waals surface area contributed by atoms with Gasteiger partial charge in [-0.15, -0.1) is 0 Å². The predicted octanol–water partition coefficient (Wildman–Crippen LogP) is 1.96. The summed E-state index contributed by atoms with van der Waals surface area (Å²) in [4.78, 5) is 23.8. The van der Waals surface area contributed by atoms with Gasteiger partial charge in [0.15, 0.2) is 0 Å². The average molecular weight is 277 g/mol. The molecule has 2 rings (SSSR count). The summed E-state index contributed by atoms with van der Waals surface area (Å²) in [5, 5.41) is 12.1. The van der Waals surface area contributed by atoms with Gasteiger partial charge in [0.2, 0.25) is 0 Å². The lowest BCUT2D eigenvalue weighted by atomic mass is 9.96. The molecule has 0 spiro atoms. The molecule has 0 saturated heterocycles. The molecule has 5 nitrogen and oxygen atoms in total. The van der Waals surface area contributed by atoms with Gasteiger partial charge in [-0.1, -0.05) is 31.0 Å². The Morgan fingerprint density at radius 3 is 2.55 bits per heavy atom. The Bertz CT molecular complexity index is 506. The fourth-order valence-electron chi connectivity index (χ4n) is 2.68. The maximum atomic E-state index is 12.4. The fraction of sp³-hybridized carbons (Fsp3) is 0.467. The van der Waals surface area contributed by atoms with Crippen LogP contribution in [0.5, 0.6) is 0 Å². The fourth-order valence-corrected chi connectivity index (χ4v) is 2.68. The van der Waals surface area contributed by atoms with Crippen molar-refractivity contribution in [2.24, 2.45) is 0 Å². The number of nitrogens with one attached hydrogen (secondary N) is 1. The summed E-state index contributed by atoms with van der Waals surface area (Å²) in [6.07, 6.45) is 2.62. The molecule has 0 atom stereocenters. The number of rotatable bonds is 5. The highest BCUT2D eigenvalue weighted by Crippen LogP contribution is 2.30. The van der Waals surface area contributed by atoms with Crippen molar-refractivity contribution in [3.63, 3.8) is 0 Å². The van der Waals surface area contributed by atoms with Crippen LogP contribution in [0.4, 0.5) is 0 Å². The number of carbonyl (C=O) groups is 2. The predicted molar refractivity (Wildman–Crippen MR) is 73.5 cm³/mol. The first-order chi connectivity index (χ1) is 9.59. The summed E-state index contributed by atoms with van der Waals surface area (Å²) in [6, 6.07) is 7.08. The maximum Gasteiger partial charge on any atom is 0.329 e. The number of hydrogen-bond acceptors (Lipinski definition) is 3. The Labute approximate surface area is 117 Å². The van der Waals surface area contributed by atoms with Crippen LogP contribution in [0.2, 0.25) is 0 Å². The molecule has 108 valence electrons. The van der Waals surface area contributed by atoms with Crippen molar-refractivity contribution in [3.8, 4) is 0 Å². The number of methoxy groups -OCH3 is 1. The zero-order valence-corrected chi connectivity index (χ0v) is 11.5. The van der Waals surface area contributed by atoms with E-state index in [-0.39, 0.29) is 5.91 Å². The van der Waals surface area contributed by atoms with Gasteiger partial charge in [0, 0.05) is 12.7 Å². The van der Waals surface area contributed by atoms with Crippen LogP contribution in [0.25, 0.3) is 0 Å². The summed E-state index contributed by atoms with van der Waals surface area (Å²) in [6.45, 7) is 0.323. The molecule has 1 amide bonds. The van der Waals surface area contributed by atoms with E-state index in [0.29, 0.717) is 25.0 Å². The van der Waals surface area contributed by atoms with E-state index in [9.17, 15) is 14.7 Å². The molecular formula is C15H19NO4.